The van der Waals surface area contributed by atoms with Crippen molar-refractivity contribution in [3.05, 3.63) is 28.1 Å². The largest absolute Gasteiger partial charge is 0.301 e. The molecule has 4 saturated carbocycles. The second-order valence-electron chi connectivity index (χ2n) is 14.3. The summed E-state index contributed by atoms with van der Waals surface area (Å²) in [6.45, 7) is 21.5. The summed E-state index contributed by atoms with van der Waals surface area (Å²) in [6, 6.07) is 0. The Hall–Kier alpha value is -0.830. The Morgan fingerprint density at radius 3 is 2.40 bits per heavy atom. The van der Waals surface area contributed by atoms with Crippen LogP contribution in [0.5, 0.6) is 0 Å². The van der Waals surface area contributed by atoms with Gasteiger partial charge in [0, 0.05) is 12.7 Å². The molecule has 2 nitrogen and oxygen atoms in total. The fourth-order valence-electron chi connectivity index (χ4n) is 10.2. The fraction of sp³-hybridized carbons (Fsp3) is 0.844. The molecule has 4 aliphatic carbocycles. The van der Waals surface area contributed by atoms with E-state index >= 15 is 0 Å². The Morgan fingerprint density at radius 1 is 1.06 bits per heavy atom. The molecule has 8 atom stereocenters. The summed E-state index contributed by atoms with van der Waals surface area (Å²) < 4.78 is 3.18. The van der Waals surface area contributed by atoms with Gasteiger partial charge >= 0.3 is 0 Å². The Bertz CT molecular complexity index is 1040. The highest BCUT2D eigenvalue weighted by atomic mass is 32.1. The predicted octanol–water partition coefficient (Wildman–Crippen LogP) is 9.78. The van der Waals surface area contributed by atoms with E-state index in [1.54, 1.807) is 0 Å². The molecular weight excluding hydrogens is 444 g/mol. The van der Waals surface area contributed by atoms with Gasteiger partial charge in [-0.3, -0.25) is 4.68 Å². The highest BCUT2D eigenvalue weighted by Crippen LogP contribution is 2.69. The summed E-state index contributed by atoms with van der Waals surface area (Å²) in [4.78, 5) is 0. The van der Waals surface area contributed by atoms with Crippen molar-refractivity contribution in [2.75, 3.05) is 0 Å². The minimum atomic E-state index is -0.184. The number of fused-ring (bicyclic) bond motifs is 5. The van der Waals surface area contributed by atoms with Crippen LogP contribution in [0.25, 0.3) is 0 Å². The number of hydrogen-bond acceptors (Lipinski definition) is 1. The van der Waals surface area contributed by atoms with Crippen molar-refractivity contribution in [2.45, 2.75) is 125 Å². The van der Waals surface area contributed by atoms with Gasteiger partial charge in [0.15, 0.2) is 0 Å². The Labute approximate surface area is 222 Å². The standard InChI is InChI=1S/C32H52N2S.H2/c1-9-10-23-15-17-31(7)24(19-23)11-12-25-27-14-13-26(32(27,8)18-16-28(25)31)21(3)30(5,6)34-29(35)20(2)22(4)33-34;/h23-28,33H,3,9-19H2,1-2,4-8H3;1H. The molecule has 1 aromatic heterocycles. The predicted molar refractivity (Wildman–Crippen MR) is 153 cm³/mol. The van der Waals surface area contributed by atoms with Gasteiger partial charge in [0.05, 0.1) is 5.54 Å². The van der Waals surface area contributed by atoms with Crippen LogP contribution in [0.4, 0.5) is 0 Å². The lowest BCUT2D eigenvalue weighted by Crippen LogP contribution is -2.53. The first-order valence-electron chi connectivity index (χ1n) is 14.9. The van der Waals surface area contributed by atoms with Crippen LogP contribution < -0.4 is 0 Å². The molecule has 0 radical (unpaired) electrons. The molecule has 0 saturated heterocycles. The van der Waals surface area contributed by atoms with Crippen molar-refractivity contribution >= 4 is 12.2 Å². The van der Waals surface area contributed by atoms with Gasteiger partial charge in [-0.25, -0.2) is 0 Å². The summed E-state index contributed by atoms with van der Waals surface area (Å²) in [5, 5.41) is 3.59. The number of aryl methyl sites for hydroxylation is 1. The summed E-state index contributed by atoms with van der Waals surface area (Å²) in [7, 11) is 0. The monoisotopic (exact) mass is 498 g/mol. The number of hydrogen-bond donors (Lipinski definition) is 1. The maximum atomic E-state index is 5.86. The lowest BCUT2D eigenvalue weighted by atomic mass is 9.44. The Kier molecular flexibility index (Phi) is 6.55. The number of nitrogens with one attached hydrogen (secondary N) is 1. The molecule has 0 bridgehead atoms. The van der Waals surface area contributed by atoms with Crippen molar-refractivity contribution in [3.8, 4) is 0 Å². The minimum absolute atomic E-state index is 0. The molecule has 3 heteroatoms. The van der Waals surface area contributed by atoms with Crippen molar-refractivity contribution < 1.29 is 1.43 Å². The zero-order valence-electron chi connectivity index (χ0n) is 23.8. The zero-order valence-corrected chi connectivity index (χ0v) is 24.6. The second kappa shape index (κ2) is 8.88. The Morgan fingerprint density at radius 2 is 1.74 bits per heavy atom. The van der Waals surface area contributed by atoms with E-state index in [9.17, 15) is 0 Å². The van der Waals surface area contributed by atoms with Crippen molar-refractivity contribution in [3.63, 3.8) is 0 Å². The van der Waals surface area contributed by atoms with Crippen molar-refractivity contribution in [1.29, 1.82) is 0 Å². The molecule has 0 spiro atoms. The molecule has 0 aliphatic heterocycles. The Balaban J connectivity index is 0.00000304. The van der Waals surface area contributed by atoms with Crippen LogP contribution in [0.2, 0.25) is 0 Å². The van der Waals surface area contributed by atoms with Gasteiger partial charge in [-0.2, -0.15) is 0 Å². The van der Waals surface area contributed by atoms with E-state index in [1.807, 2.05) is 0 Å². The maximum absolute atomic E-state index is 5.86. The van der Waals surface area contributed by atoms with Crippen LogP contribution in [0, 0.1) is 64.8 Å². The van der Waals surface area contributed by atoms with Gasteiger partial charge < -0.3 is 5.10 Å². The molecule has 1 N–H and O–H groups in total. The van der Waals surface area contributed by atoms with Crippen LogP contribution in [0.15, 0.2) is 12.2 Å². The minimum Gasteiger partial charge on any atom is -0.301 e. The average Bonchev–Trinajstić information content (AvgIpc) is 3.30. The summed E-state index contributed by atoms with van der Waals surface area (Å²) in [5.74, 6) is 5.38. The number of aromatic nitrogens is 2. The highest BCUT2D eigenvalue weighted by Gasteiger charge is 2.61. The van der Waals surface area contributed by atoms with Gasteiger partial charge in [0.25, 0.3) is 0 Å². The van der Waals surface area contributed by atoms with E-state index in [4.69, 9.17) is 18.8 Å². The van der Waals surface area contributed by atoms with Gasteiger partial charge in [-0.15, -0.1) is 0 Å². The summed E-state index contributed by atoms with van der Waals surface area (Å²) in [5.41, 5.74) is 4.61. The second-order valence-corrected chi connectivity index (χ2v) is 14.7. The fourth-order valence-corrected chi connectivity index (χ4v) is 10.6. The van der Waals surface area contributed by atoms with Crippen LogP contribution in [-0.2, 0) is 5.54 Å². The molecule has 1 aromatic rings. The van der Waals surface area contributed by atoms with E-state index in [-0.39, 0.29) is 6.97 Å². The van der Waals surface area contributed by atoms with E-state index < -0.39 is 0 Å². The van der Waals surface area contributed by atoms with Crippen LogP contribution >= 0.6 is 12.2 Å². The quantitative estimate of drug-likeness (QED) is 0.316. The van der Waals surface area contributed by atoms with E-state index in [0.29, 0.717) is 16.7 Å². The lowest BCUT2D eigenvalue weighted by Gasteiger charge is -2.61. The van der Waals surface area contributed by atoms with Gasteiger partial charge in [0.1, 0.15) is 4.64 Å². The number of nitrogens with zero attached hydrogens (tertiary/aromatic N) is 1. The SMILES string of the molecule is C=C(C1CCC2C3CCC4CC(CCC)CCC4(C)C3CCC12C)C(C)(C)n1[nH]c(C)c(C)c1=S.[HH]. The molecule has 5 rings (SSSR count). The molecule has 4 fully saturated rings. The number of allylic oxidation sites excluding steroid dienone is 1. The average molecular weight is 499 g/mol. The molecule has 198 valence electrons. The van der Waals surface area contributed by atoms with Crippen molar-refractivity contribution in [1.82, 2.24) is 9.78 Å². The number of rotatable bonds is 5. The smallest absolute Gasteiger partial charge is 0.126 e. The number of H-pyrrole nitrogens is 1. The normalized spacial score (nSPS) is 41.2. The lowest BCUT2D eigenvalue weighted by molar-refractivity contribution is -0.117. The molecule has 1 heterocycles. The van der Waals surface area contributed by atoms with Gasteiger partial charge in [-0.1, -0.05) is 52.4 Å². The third-order valence-electron chi connectivity index (χ3n) is 12.6. The third kappa shape index (κ3) is 3.79. The van der Waals surface area contributed by atoms with E-state index in [1.165, 1.54) is 87.5 Å². The molecule has 0 amide bonds. The van der Waals surface area contributed by atoms with Gasteiger partial charge in [0.2, 0.25) is 0 Å². The first kappa shape index (κ1) is 25.8. The summed E-state index contributed by atoms with van der Waals surface area (Å²) in [6.07, 6.45) is 15.9. The molecule has 4 aliphatic rings. The first-order valence-corrected chi connectivity index (χ1v) is 15.3. The highest BCUT2D eigenvalue weighted by molar-refractivity contribution is 7.71. The summed E-state index contributed by atoms with van der Waals surface area (Å²) >= 11 is 5.86. The van der Waals surface area contributed by atoms with Crippen LogP contribution in [0.1, 0.15) is 118 Å². The van der Waals surface area contributed by atoms with Crippen LogP contribution in [0.3, 0.4) is 0 Å². The molecule has 35 heavy (non-hydrogen) atoms. The molecule has 0 aromatic carbocycles. The third-order valence-corrected chi connectivity index (χ3v) is 13.1. The zero-order chi connectivity index (χ0) is 25.3. The first-order chi connectivity index (χ1) is 16.4. The van der Waals surface area contributed by atoms with E-state index in [0.717, 1.165) is 34.2 Å². The molecular formula is C32H54N2S. The van der Waals surface area contributed by atoms with Crippen LogP contribution in [-0.4, -0.2) is 9.78 Å². The molecule has 8 unspecified atom stereocenters. The van der Waals surface area contributed by atoms with Gasteiger partial charge in [-0.05, 0) is 137 Å². The van der Waals surface area contributed by atoms with E-state index in [2.05, 4.69) is 58.2 Å². The maximum Gasteiger partial charge on any atom is 0.126 e. The number of aromatic amines is 1. The van der Waals surface area contributed by atoms with Crippen molar-refractivity contribution in [2.24, 2.45) is 46.3 Å². The topological polar surface area (TPSA) is 20.7 Å².